The van der Waals surface area contributed by atoms with Gasteiger partial charge < -0.3 is 15.7 Å². The van der Waals surface area contributed by atoms with E-state index in [0.29, 0.717) is 0 Å². The monoisotopic (exact) mass is 274 g/mol. The molecule has 0 saturated heterocycles. The molecule has 0 aromatic carbocycles. The lowest BCUT2D eigenvalue weighted by molar-refractivity contribution is -0.142. The number of rotatable bonds is 5. The third-order valence-corrected chi connectivity index (χ3v) is 2.35. The summed E-state index contributed by atoms with van der Waals surface area (Å²) in [6.45, 7) is 2.32. The van der Waals surface area contributed by atoms with Crippen molar-refractivity contribution in [3.05, 3.63) is 0 Å². The van der Waals surface area contributed by atoms with Gasteiger partial charge in [0.1, 0.15) is 5.54 Å². The van der Waals surface area contributed by atoms with Crippen LogP contribution in [-0.4, -0.2) is 40.5 Å². The highest BCUT2D eigenvalue weighted by molar-refractivity contribution is 8.00. The van der Waals surface area contributed by atoms with Crippen molar-refractivity contribution < 1.29 is 27.9 Å². The number of nitrogens with one attached hydrogen (secondary N) is 2. The van der Waals surface area contributed by atoms with Crippen LogP contribution in [-0.2, 0) is 4.79 Å². The van der Waals surface area contributed by atoms with Crippen LogP contribution in [0.25, 0.3) is 0 Å². The number of hydrogen-bond donors (Lipinski definition) is 3. The van der Waals surface area contributed by atoms with E-state index in [0.717, 1.165) is 0 Å². The smallest absolute Gasteiger partial charge is 0.441 e. The molecule has 0 unspecified atom stereocenters. The molecule has 3 N–H and O–H groups in total. The summed E-state index contributed by atoms with van der Waals surface area (Å²) in [4.78, 5) is 21.7. The van der Waals surface area contributed by atoms with Gasteiger partial charge >= 0.3 is 17.5 Å². The summed E-state index contributed by atoms with van der Waals surface area (Å²) < 4.78 is 35.1. The molecule has 0 bridgehead atoms. The van der Waals surface area contributed by atoms with Gasteiger partial charge in [-0.05, 0) is 25.6 Å². The van der Waals surface area contributed by atoms with Gasteiger partial charge in [0.25, 0.3) is 0 Å². The van der Waals surface area contributed by atoms with Gasteiger partial charge in [-0.1, -0.05) is 0 Å². The molecule has 100 valence electrons. The number of carboxylic acids is 1. The highest BCUT2D eigenvalue weighted by atomic mass is 32.2. The van der Waals surface area contributed by atoms with Gasteiger partial charge in [-0.2, -0.15) is 13.2 Å². The van der Waals surface area contributed by atoms with Crippen LogP contribution in [0.2, 0.25) is 0 Å². The number of carboxylic acid groups (broad SMARTS) is 1. The number of aliphatic carboxylic acids is 1. The minimum Gasteiger partial charge on any atom is -0.480 e. The van der Waals surface area contributed by atoms with Crippen LogP contribution < -0.4 is 10.6 Å². The molecule has 0 aliphatic carbocycles. The van der Waals surface area contributed by atoms with Crippen molar-refractivity contribution in [2.45, 2.75) is 24.9 Å². The van der Waals surface area contributed by atoms with Gasteiger partial charge in [-0.3, -0.25) is 0 Å². The molecule has 2 amide bonds. The van der Waals surface area contributed by atoms with Crippen molar-refractivity contribution in [2.24, 2.45) is 0 Å². The summed E-state index contributed by atoms with van der Waals surface area (Å²) in [5, 5.41) is 12.9. The van der Waals surface area contributed by atoms with E-state index in [1.54, 1.807) is 0 Å². The molecule has 0 heterocycles. The zero-order valence-electron chi connectivity index (χ0n) is 9.22. The summed E-state index contributed by atoms with van der Waals surface area (Å²) in [6, 6.07) is -0.819. The molecular formula is C8H13F3N2O3S. The number of halogens is 3. The summed E-state index contributed by atoms with van der Waals surface area (Å²) in [5.74, 6) is -1.57. The maximum Gasteiger partial charge on any atom is 0.441 e. The van der Waals surface area contributed by atoms with Crippen LogP contribution in [0.3, 0.4) is 0 Å². The molecule has 0 radical (unpaired) electrons. The molecule has 0 aliphatic rings. The van der Waals surface area contributed by atoms with Gasteiger partial charge in [-0.15, -0.1) is 0 Å². The van der Waals surface area contributed by atoms with Crippen LogP contribution in [0.5, 0.6) is 0 Å². The molecule has 17 heavy (non-hydrogen) atoms. The largest absolute Gasteiger partial charge is 0.480 e. The Morgan fingerprint density at radius 2 is 1.82 bits per heavy atom. The van der Waals surface area contributed by atoms with Crippen LogP contribution in [0.4, 0.5) is 18.0 Å². The van der Waals surface area contributed by atoms with Crippen molar-refractivity contribution >= 4 is 23.8 Å². The molecule has 5 nitrogen and oxygen atoms in total. The van der Waals surface area contributed by atoms with Gasteiger partial charge in [0, 0.05) is 12.3 Å². The molecule has 0 saturated carbocycles. The topological polar surface area (TPSA) is 78.4 Å². The predicted molar refractivity (Wildman–Crippen MR) is 56.8 cm³/mol. The van der Waals surface area contributed by atoms with Gasteiger partial charge in [0.15, 0.2) is 0 Å². The Labute approximate surface area is 100 Å². The first-order valence-corrected chi connectivity index (χ1v) is 5.53. The Morgan fingerprint density at radius 1 is 1.29 bits per heavy atom. The lowest BCUT2D eigenvalue weighted by Crippen LogP contribution is -2.53. The maximum atomic E-state index is 11.7. The predicted octanol–water partition coefficient (Wildman–Crippen LogP) is 1.40. The fourth-order valence-corrected chi connectivity index (χ4v) is 1.15. The maximum absolute atomic E-state index is 11.7. The summed E-state index contributed by atoms with van der Waals surface area (Å²) in [5.41, 5.74) is -5.81. The van der Waals surface area contributed by atoms with Gasteiger partial charge in [-0.25, -0.2) is 9.59 Å². The fraction of sp³-hybridized carbons (Fsp3) is 0.750. The number of hydrogen-bond acceptors (Lipinski definition) is 3. The zero-order valence-corrected chi connectivity index (χ0v) is 10.0. The SMILES string of the molecule is CC(C)(NC(=O)NCCSC(F)(F)F)C(=O)O. The van der Waals surface area contributed by atoms with Crippen LogP contribution >= 0.6 is 11.8 Å². The van der Waals surface area contributed by atoms with Crippen LogP contribution in [0, 0.1) is 0 Å². The van der Waals surface area contributed by atoms with Crippen molar-refractivity contribution in [1.29, 1.82) is 0 Å². The number of carbonyl (C=O) groups excluding carboxylic acids is 1. The summed E-state index contributed by atoms with van der Waals surface area (Å²) >= 11 is -0.259. The van der Waals surface area contributed by atoms with Crippen LogP contribution in [0.1, 0.15) is 13.8 Å². The van der Waals surface area contributed by atoms with E-state index in [1.807, 2.05) is 0 Å². The minimum absolute atomic E-state index is 0.203. The van der Waals surface area contributed by atoms with E-state index in [-0.39, 0.29) is 24.1 Å². The fourth-order valence-electron chi connectivity index (χ4n) is 0.713. The minimum atomic E-state index is -4.33. The first kappa shape index (κ1) is 15.9. The third kappa shape index (κ3) is 7.72. The Balaban J connectivity index is 3.86. The van der Waals surface area contributed by atoms with E-state index in [4.69, 9.17) is 5.11 Å². The van der Waals surface area contributed by atoms with Gasteiger partial charge in [0.05, 0.1) is 0 Å². The Kier molecular flexibility index (Phi) is 5.59. The number of alkyl halides is 3. The zero-order chi connectivity index (χ0) is 13.7. The Morgan fingerprint density at radius 3 is 2.24 bits per heavy atom. The second kappa shape index (κ2) is 5.99. The van der Waals surface area contributed by atoms with E-state index in [1.165, 1.54) is 13.8 Å². The van der Waals surface area contributed by atoms with Gasteiger partial charge in [0.2, 0.25) is 0 Å². The molecule has 0 aliphatic heterocycles. The van der Waals surface area contributed by atoms with Crippen molar-refractivity contribution in [1.82, 2.24) is 10.6 Å². The number of urea groups is 1. The Hall–Kier alpha value is -1.12. The highest BCUT2D eigenvalue weighted by Crippen LogP contribution is 2.29. The summed E-state index contributed by atoms with van der Waals surface area (Å²) in [7, 11) is 0. The van der Waals surface area contributed by atoms with Crippen molar-refractivity contribution in [2.75, 3.05) is 12.3 Å². The molecule has 0 atom stereocenters. The third-order valence-electron chi connectivity index (χ3n) is 1.61. The van der Waals surface area contributed by atoms with Crippen molar-refractivity contribution in [3.8, 4) is 0 Å². The lowest BCUT2D eigenvalue weighted by Gasteiger charge is -2.21. The number of thioether (sulfide) groups is 1. The quantitative estimate of drug-likeness (QED) is 0.662. The molecule has 0 fully saturated rings. The van der Waals surface area contributed by atoms with Crippen LogP contribution in [0.15, 0.2) is 0 Å². The second-order valence-corrected chi connectivity index (χ2v) is 4.77. The Bertz CT molecular complexity index is 294. The average molecular weight is 274 g/mol. The molecule has 9 heteroatoms. The van der Waals surface area contributed by atoms with E-state index >= 15 is 0 Å². The van der Waals surface area contributed by atoms with E-state index < -0.39 is 23.0 Å². The normalized spacial score (nSPS) is 12.1. The molecule has 0 aromatic rings. The molecule has 0 spiro atoms. The second-order valence-electron chi connectivity index (χ2n) is 3.61. The van der Waals surface area contributed by atoms with E-state index in [2.05, 4.69) is 10.6 Å². The number of amides is 2. The summed E-state index contributed by atoms with van der Waals surface area (Å²) in [6.07, 6.45) is 0. The number of carbonyl (C=O) groups is 2. The first-order valence-electron chi connectivity index (χ1n) is 4.55. The average Bonchev–Trinajstić information content (AvgIpc) is 2.10. The standard InChI is InChI=1S/C8H13F3N2O3S/c1-7(2,5(14)15)13-6(16)12-3-4-17-8(9,10)11/h3-4H2,1-2H3,(H,14,15)(H2,12,13,16). The molecule has 0 rings (SSSR count). The highest BCUT2D eigenvalue weighted by Gasteiger charge is 2.29. The lowest BCUT2D eigenvalue weighted by atomic mass is 10.1. The van der Waals surface area contributed by atoms with E-state index in [9.17, 15) is 22.8 Å². The van der Waals surface area contributed by atoms with Crippen molar-refractivity contribution in [3.63, 3.8) is 0 Å². The molecule has 0 aromatic heterocycles. The first-order chi connectivity index (χ1) is 7.54. The molecular weight excluding hydrogens is 261 g/mol.